The second-order valence-corrected chi connectivity index (χ2v) is 12.5. The van der Waals surface area contributed by atoms with Gasteiger partial charge in [0.05, 0.1) is 8.22 Å². The van der Waals surface area contributed by atoms with Crippen LogP contribution in [0.5, 0.6) is 0 Å². The molecule has 2 aromatic heterocycles. The van der Waals surface area contributed by atoms with Gasteiger partial charge in [0.25, 0.3) is 0 Å². The molecule has 0 radical (unpaired) electrons. The first-order valence-corrected chi connectivity index (χ1v) is 16.7. The minimum Gasteiger partial charge on any atom is -0.208 e. The van der Waals surface area contributed by atoms with Crippen LogP contribution in [0.15, 0.2) is 176 Å². The molecule has 0 amide bonds. The highest BCUT2D eigenvalue weighted by molar-refractivity contribution is 7.26. The summed E-state index contributed by atoms with van der Waals surface area (Å²) in [5.74, 6) is 0.772. The SMILES string of the molecule is [2H]c1c([2H])c(-c2ccccc2)c2c(sc3c([2H])c(-c4nc(-c5ccccc5-c5ccccc5)nc(-c5ccccc5-c5ccccc5)n4)c([2H])c([2H])c32)c1[2H]. The van der Waals surface area contributed by atoms with Gasteiger partial charge in [0.2, 0.25) is 0 Å². The lowest BCUT2D eigenvalue weighted by atomic mass is 9.98. The maximum Gasteiger partial charge on any atom is 0.164 e. The average molecular weight is 650 g/mol. The molecule has 9 aromatic rings. The lowest BCUT2D eigenvalue weighted by molar-refractivity contribution is 1.08. The van der Waals surface area contributed by atoms with Crippen molar-refractivity contribution in [3.8, 4) is 67.5 Å². The fourth-order valence-electron chi connectivity index (χ4n) is 6.20. The van der Waals surface area contributed by atoms with Gasteiger partial charge in [-0.1, -0.05) is 164 Å². The topological polar surface area (TPSA) is 38.7 Å². The maximum atomic E-state index is 9.66. The van der Waals surface area contributed by atoms with Gasteiger partial charge < -0.3 is 0 Å². The van der Waals surface area contributed by atoms with Crippen molar-refractivity contribution in [2.24, 2.45) is 0 Å². The highest BCUT2D eigenvalue weighted by Gasteiger charge is 2.19. The van der Waals surface area contributed by atoms with E-state index in [1.807, 2.05) is 140 Å². The number of aromatic nitrogens is 3. The zero-order valence-electron chi connectivity index (χ0n) is 32.0. The van der Waals surface area contributed by atoms with Crippen LogP contribution in [0.3, 0.4) is 0 Å². The van der Waals surface area contributed by atoms with Gasteiger partial charge in [0, 0.05) is 36.9 Å². The predicted octanol–water partition coefficient (Wildman–Crippen LogP) is 12.2. The minimum absolute atomic E-state index is 0.0633. The Bertz CT molecular complexity index is 2830. The Labute approximate surface area is 297 Å². The molecule has 230 valence electrons. The molecule has 4 heteroatoms. The van der Waals surface area contributed by atoms with Gasteiger partial charge in [-0.15, -0.1) is 11.3 Å². The molecule has 0 N–H and O–H groups in total. The van der Waals surface area contributed by atoms with Gasteiger partial charge in [-0.05, 0) is 45.5 Å². The van der Waals surface area contributed by atoms with Crippen molar-refractivity contribution in [3.05, 3.63) is 176 Å². The molecule has 0 spiro atoms. The van der Waals surface area contributed by atoms with E-state index in [1.165, 1.54) is 0 Å². The van der Waals surface area contributed by atoms with E-state index in [4.69, 9.17) is 19.1 Å². The largest absolute Gasteiger partial charge is 0.208 e. The summed E-state index contributed by atoms with van der Waals surface area (Å²) in [6, 6.07) is 43.7. The maximum absolute atomic E-state index is 9.66. The van der Waals surface area contributed by atoms with Crippen molar-refractivity contribution < 1.29 is 8.22 Å². The van der Waals surface area contributed by atoms with Crippen molar-refractivity contribution in [3.63, 3.8) is 0 Å². The molecule has 3 nitrogen and oxygen atoms in total. The van der Waals surface area contributed by atoms with Crippen LogP contribution in [0, 0.1) is 0 Å². The molecule has 0 aliphatic heterocycles. The number of nitrogens with zero attached hydrogens (tertiary/aromatic N) is 3. The molecule has 0 atom stereocenters. The lowest BCUT2D eigenvalue weighted by Gasteiger charge is -2.14. The van der Waals surface area contributed by atoms with Crippen molar-refractivity contribution >= 4 is 31.5 Å². The third-order valence-electron chi connectivity index (χ3n) is 8.50. The molecule has 0 unspecified atom stereocenters. The molecule has 0 saturated carbocycles. The molecule has 0 bridgehead atoms. The van der Waals surface area contributed by atoms with Crippen molar-refractivity contribution in [1.29, 1.82) is 0 Å². The fourth-order valence-corrected chi connectivity index (χ4v) is 7.23. The van der Waals surface area contributed by atoms with Crippen LogP contribution in [0.25, 0.3) is 87.7 Å². The number of fused-ring (bicyclic) bond motifs is 3. The first kappa shape index (κ1) is 23.2. The van der Waals surface area contributed by atoms with Crippen LogP contribution >= 0.6 is 11.3 Å². The third kappa shape index (κ3) is 5.38. The van der Waals surface area contributed by atoms with Gasteiger partial charge in [-0.2, -0.15) is 0 Å². The molecule has 0 saturated heterocycles. The van der Waals surface area contributed by atoms with E-state index in [-0.39, 0.29) is 47.6 Å². The Morgan fingerprint density at radius 1 is 0.388 bits per heavy atom. The van der Waals surface area contributed by atoms with E-state index >= 15 is 0 Å². The smallest absolute Gasteiger partial charge is 0.164 e. The average Bonchev–Trinajstić information content (AvgIpc) is 3.64. The molecular weight excluding hydrogens is 615 g/mol. The number of thiophene rings is 1. The van der Waals surface area contributed by atoms with Crippen molar-refractivity contribution in [2.45, 2.75) is 0 Å². The zero-order valence-corrected chi connectivity index (χ0v) is 26.8. The molecule has 7 aromatic carbocycles. The summed E-state index contributed by atoms with van der Waals surface area (Å²) < 4.78 is 55.8. The van der Waals surface area contributed by atoms with Crippen LogP contribution in [-0.2, 0) is 0 Å². The highest BCUT2D eigenvalue weighted by atomic mass is 32.1. The fraction of sp³-hybridized carbons (Fsp3) is 0. The van der Waals surface area contributed by atoms with E-state index < -0.39 is 0 Å². The van der Waals surface area contributed by atoms with Crippen LogP contribution in [-0.4, -0.2) is 15.0 Å². The summed E-state index contributed by atoms with van der Waals surface area (Å²) in [5.41, 5.74) is 6.34. The summed E-state index contributed by atoms with van der Waals surface area (Å²) in [4.78, 5) is 15.0. The second kappa shape index (κ2) is 12.4. The van der Waals surface area contributed by atoms with Crippen LogP contribution in [0.2, 0.25) is 0 Å². The summed E-state index contributed by atoms with van der Waals surface area (Å²) in [5, 5.41) is 0.735. The van der Waals surface area contributed by atoms with Crippen molar-refractivity contribution in [2.75, 3.05) is 0 Å². The van der Waals surface area contributed by atoms with Crippen LogP contribution in [0.1, 0.15) is 8.22 Å². The number of benzene rings is 7. The molecular formula is C45H29N3S. The van der Waals surface area contributed by atoms with E-state index in [2.05, 4.69) is 0 Å². The quantitative estimate of drug-likeness (QED) is 0.180. The third-order valence-corrected chi connectivity index (χ3v) is 9.52. The number of rotatable bonds is 6. The van der Waals surface area contributed by atoms with Gasteiger partial charge in [0.1, 0.15) is 0 Å². The standard InChI is InChI=1S/C45H29N3S/c1-4-15-30(16-5-1)34-21-10-12-23-37(34)44-46-43(47-45(48-44)38-24-13-11-22-35(38)31-17-6-2-7-18-31)33-27-28-39-41(29-33)49-40-26-14-25-36(42(39)40)32-19-8-3-9-20-32/h1-29H/i14D,25D,26D,27D,28D,29D. The minimum atomic E-state index is -0.250. The molecule has 0 aliphatic rings. The Kier molecular flexibility index (Phi) is 5.87. The molecule has 2 heterocycles. The Morgan fingerprint density at radius 2 is 0.857 bits per heavy atom. The van der Waals surface area contributed by atoms with Gasteiger partial charge >= 0.3 is 0 Å². The van der Waals surface area contributed by atoms with Gasteiger partial charge in [0.15, 0.2) is 17.5 Å². The number of hydrogen-bond acceptors (Lipinski definition) is 4. The van der Waals surface area contributed by atoms with Gasteiger partial charge in [-0.25, -0.2) is 15.0 Å². The van der Waals surface area contributed by atoms with Crippen LogP contribution in [0.4, 0.5) is 0 Å². The van der Waals surface area contributed by atoms with E-state index in [0.717, 1.165) is 44.7 Å². The summed E-state index contributed by atoms with van der Waals surface area (Å²) >= 11 is 1.13. The Hall–Kier alpha value is -6.23. The van der Waals surface area contributed by atoms with Crippen LogP contribution < -0.4 is 0 Å². The normalized spacial score (nSPS) is 13.0. The predicted molar refractivity (Wildman–Crippen MR) is 205 cm³/mol. The molecule has 0 aliphatic carbocycles. The monoisotopic (exact) mass is 649 g/mol. The first-order chi connectivity index (χ1) is 26.8. The van der Waals surface area contributed by atoms with Gasteiger partial charge in [-0.3, -0.25) is 0 Å². The summed E-state index contributed by atoms with van der Waals surface area (Å²) in [6.07, 6.45) is 0. The Balaban J connectivity index is 1.36. The Morgan fingerprint density at radius 3 is 1.41 bits per heavy atom. The zero-order chi connectivity index (χ0) is 37.8. The second-order valence-electron chi connectivity index (χ2n) is 11.5. The van der Waals surface area contributed by atoms with Crippen molar-refractivity contribution in [1.82, 2.24) is 15.0 Å². The number of hydrogen-bond donors (Lipinski definition) is 0. The highest BCUT2D eigenvalue weighted by Crippen LogP contribution is 2.42. The molecule has 0 fully saturated rings. The molecule has 9 rings (SSSR count). The van der Waals surface area contributed by atoms with E-state index in [0.29, 0.717) is 42.9 Å². The summed E-state index contributed by atoms with van der Waals surface area (Å²) in [7, 11) is 0. The first-order valence-electron chi connectivity index (χ1n) is 18.9. The lowest BCUT2D eigenvalue weighted by Crippen LogP contribution is -2.02. The van der Waals surface area contributed by atoms with E-state index in [9.17, 15) is 4.11 Å². The van der Waals surface area contributed by atoms with E-state index in [1.54, 1.807) is 0 Å². The molecule has 49 heavy (non-hydrogen) atoms. The summed E-state index contributed by atoms with van der Waals surface area (Å²) in [6.45, 7) is 0.